The van der Waals surface area contributed by atoms with Gasteiger partial charge in [-0.1, -0.05) is 6.92 Å². The van der Waals surface area contributed by atoms with Gasteiger partial charge in [0.25, 0.3) is 0 Å². The molecule has 0 aromatic heterocycles. The normalized spacial score (nSPS) is 29.1. The van der Waals surface area contributed by atoms with E-state index in [9.17, 15) is 9.59 Å². The molecule has 0 spiro atoms. The van der Waals surface area contributed by atoms with E-state index in [1.54, 1.807) is 0 Å². The van der Waals surface area contributed by atoms with Crippen molar-refractivity contribution in [2.45, 2.75) is 19.4 Å². The summed E-state index contributed by atoms with van der Waals surface area (Å²) in [5, 5.41) is 0. The lowest BCUT2D eigenvalue weighted by Crippen LogP contribution is -2.52. The Morgan fingerprint density at radius 1 is 1.69 bits per heavy atom. The average Bonchev–Trinajstić information content (AvgIpc) is 1.99. The first-order valence-electron chi connectivity index (χ1n) is 4.32. The number of carbonyl (C=O) groups excluding carboxylic acids is 2. The number of amides is 2. The smallest absolute Gasteiger partial charge is 0.237 e. The van der Waals surface area contributed by atoms with Crippen LogP contribution in [0.15, 0.2) is 0 Å². The lowest BCUT2D eigenvalue weighted by molar-refractivity contribution is -0.138. The predicted molar refractivity (Wildman–Crippen MR) is 47.5 cm³/mol. The van der Waals surface area contributed by atoms with E-state index in [0.29, 0.717) is 13.0 Å². The van der Waals surface area contributed by atoms with Gasteiger partial charge in [-0.2, -0.15) is 0 Å². The molecule has 4 N–H and O–H groups in total. The Kier molecular flexibility index (Phi) is 2.87. The summed E-state index contributed by atoms with van der Waals surface area (Å²) in [6, 6.07) is -0.0444. The average molecular weight is 185 g/mol. The number of hydrogen-bond acceptors (Lipinski definition) is 3. The van der Waals surface area contributed by atoms with Crippen LogP contribution in [0.5, 0.6) is 0 Å². The summed E-state index contributed by atoms with van der Waals surface area (Å²) in [5.74, 6) is -0.334. The highest BCUT2D eigenvalue weighted by Gasteiger charge is 2.29. The molecule has 1 fully saturated rings. The predicted octanol–water partition coefficient (Wildman–Crippen LogP) is -1.33. The first kappa shape index (κ1) is 9.98. The maximum absolute atomic E-state index is 11.3. The number of nitrogens with two attached hydrogens (primary N) is 2. The number of nitrogens with zero attached hydrogens (tertiary/aromatic N) is 1. The monoisotopic (exact) mass is 185 g/mol. The van der Waals surface area contributed by atoms with Crippen molar-refractivity contribution in [3.63, 3.8) is 0 Å². The lowest BCUT2D eigenvalue weighted by atomic mass is 9.94. The Balaban J connectivity index is 2.56. The largest absolute Gasteiger partial charge is 0.368 e. The maximum atomic E-state index is 11.3. The standard InChI is InChI=1S/C8H15N3O2/c1-5-2-8(13)11(3-6(5)9)4-7(10)12/h5-6H,2-4,9H2,1H3,(H2,10,12). The van der Waals surface area contributed by atoms with Crippen LogP contribution >= 0.6 is 0 Å². The van der Waals surface area contributed by atoms with Gasteiger partial charge in [0, 0.05) is 19.0 Å². The maximum Gasteiger partial charge on any atom is 0.237 e. The Labute approximate surface area is 77.1 Å². The van der Waals surface area contributed by atoms with Crippen molar-refractivity contribution >= 4 is 11.8 Å². The summed E-state index contributed by atoms with van der Waals surface area (Å²) in [5.41, 5.74) is 10.8. The lowest BCUT2D eigenvalue weighted by Gasteiger charge is -2.33. The third kappa shape index (κ3) is 2.42. The van der Waals surface area contributed by atoms with Crippen LogP contribution in [0.25, 0.3) is 0 Å². The number of piperidine rings is 1. The summed E-state index contributed by atoms with van der Waals surface area (Å²) in [6.07, 6.45) is 0.411. The molecular formula is C8H15N3O2. The molecule has 2 unspecified atom stereocenters. The van der Waals surface area contributed by atoms with Crippen LogP contribution in [0.4, 0.5) is 0 Å². The highest BCUT2D eigenvalue weighted by Crippen LogP contribution is 2.16. The van der Waals surface area contributed by atoms with Crippen LogP contribution in [0, 0.1) is 5.92 Å². The fourth-order valence-corrected chi connectivity index (χ4v) is 1.43. The molecule has 13 heavy (non-hydrogen) atoms. The highest BCUT2D eigenvalue weighted by atomic mass is 16.2. The van der Waals surface area contributed by atoms with Crippen molar-refractivity contribution in [1.29, 1.82) is 0 Å². The van der Waals surface area contributed by atoms with Gasteiger partial charge in [-0.05, 0) is 5.92 Å². The fraction of sp³-hybridized carbons (Fsp3) is 0.750. The van der Waals surface area contributed by atoms with Crippen LogP contribution in [0.2, 0.25) is 0 Å². The van der Waals surface area contributed by atoms with Crippen LogP contribution < -0.4 is 11.5 Å². The first-order chi connectivity index (χ1) is 6.00. The summed E-state index contributed by atoms with van der Waals surface area (Å²) in [4.78, 5) is 23.4. The number of hydrogen-bond donors (Lipinski definition) is 2. The molecule has 1 rings (SSSR count). The quantitative estimate of drug-likeness (QED) is 0.558. The molecule has 74 valence electrons. The second kappa shape index (κ2) is 3.74. The number of rotatable bonds is 2. The molecule has 5 heteroatoms. The molecule has 1 aliphatic rings. The van der Waals surface area contributed by atoms with Gasteiger partial charge in [0.15, 0.2) is 0 Å². The fourth-order valence-electron chi connectivity index (χ4n) is 1.43. The zero-order valence-electron chi connectivity index (χ0n) is 7.69. The van der Waals surface area contributed by atoms with E-state index in [2.05, 4.69) is 0 Å². The Morgan fingerprint density at radius 3 is 2.85 bits per heavy atom. The minimum absolute atomic E-state index is 0.0146. The van der Waals surface area contributed by atoms with Gasteiger partial charge in [0.05, 0.1) is 6.54 Å². The molecule has 2 atom stereocenters. The number of primary amides is 1. The molecule has 5 nitrogen and oxygen atoms in total. The van der Waals surface area contributed by atoms with Gasteiger partial charge in [0.2, 0.25) is 11.8 Å². The van der Waals surface area contributed by atoms with Gasteiger partial charge in [0.1, 0.15) is 0 Å². The van der Waals surface area contributed by atoms with Crippen LogP contribution in [-0.4, -0.2) is 35.8 Å². The van der Waals surface area contributed by atoms with Crippen molar-refractivity contribution < 1.29 is 9.59 Å². The van der Waals surface area contributed by atoms with E-state index in [-0.39, 0.29) is 24.4 Å². The Bertz CT molecular complexity index is 229. The SMILES string of the molecule is CC1CC(=O)N(CC(N)=O)CC1N. The first-order valence-corrected chi connectivity index (χ1v) is 4.32. The minimum atomic E-state index is -0.491. The van der Waals surface area contributed by atoms with E-state index in [4.69, 9.17) is 11.5 Å². The molecule has 0 radical (unpaired) electrons. The van der Waals surface area contributed by atoms with Gasteiger partial charge in [-0.15, -0.1) is 0 Å². The minimum Gasteiger partial charge on any atom is -0.368 e. The van der Waals surface area contributed by atoms with Crippen LogP contribution in [0.1, 0.15) is 13.3 Å². The summed E-state index contributed by atoms with van der Waals surface area (Å²) in [7, 11) is 0. The zero-order valence-corrected chi connectivity index (χ0v) is 7.69. The van der Waals surface area contributed by atoms with Crippen LogP contribution in [0.3, 0.4) is 0 Å². The third-order valence-electron chi connectivity index (χ3n) is 2.36. The van der Waals surface area contributed by atoms with E-state index >= 15 is 0 Å². The van der Waals surface area contributed by atoms with Gasteiger partial charge >= 0.3 is 0 Å². The molecule has 0 bridgehead atoms. The van der Waals surface area contributed by atoms with Crippen molar-refractivity contribution in [2.75, 3.05) is 13.1 Å². The van der Waals surface area contributed by atoms with E-state index in [1.807, 2.05) is 6.92 Å². The molecule has 1 aliphatic heterocycles. The molecule has 2 amide bonds. The molecular weight excluding hydrogens is 170 g/mol. The summed E-state index contributed by atoms with van der Waals surface area (Å²) >= 11 is 0. The third-order valence-corrected chi connectivity index (χ3v) is 2.36. The van der Waals surface area contributed by atoms with Crippen molar-refractivity contribution in [3.05, 3.63) is 0 Å². The van der Waals surface area contributed by atoms with Gasteiger partial charge < -0.3 is 16.4 Å². The van der Waals surface area contributed by atoms with Crippen molar-refractivity contribution in [1.82, 2.24) is 4.90 Å². The Morgan fingerprint density at radius 2 is 2.31 bits per heavy atom. The topological polar surface area (TPSA) is 89.4 Å². The van der Waals surface area contributed by atoms with E-state index in [1.165, 1.54) is 4.90 Å². The number of carbonyl (C=O) groups is 2. The molecule has 0 saturated carbocycles. The second-order valence-corrected chi connectivity index (χ2v) is 3.59. The van der Waals surface area contributed by atoms with E-state index < -0.39 is 5.91 Å². The highest BCUT2D eigenvalue weighted by molar-refractivity contribution is 5.84. The van der Waals surface area contributed by atoms with E-state index in [0.717, 1.165) is 0 Å². The molecule has 0 aromatic rings. The Hall–Kier alpha value is -1.10. The summed E-state index contributed by atoms with van der Waals surface area (Å²) < 4.78 is 0. The molecule has 0 aromatic carbocycles. The van der Waals surface area contributed by atoms with Crippen molar-refractivity contribution in [3.8, 4) is 0 Å². The second-order valence-electron chi connectivity index (χ2n) is 3.59. The van der Waals surface area contributed by atoms with Gasteiger partial charge in [-0.25, -0.2) is 0 Å². The molecule has 0 aliphatic carbocycles. The summed E-state index contributed by atoms with van der Waals surface area (Å²) in [6.45, 7) is 2.35. The number of likely N-dealkylation sites (tertiary alicyclic amines) is 1. The van der Waals surface area contributed by atoms with Gasteiger partial charge in [-0.3, -0.25) is 9.59 Å². The molecule has 1 saturated heterocycles. The molecule has 1 heterocycles. The zero-order chi connectivity index (χ0) is 10.0. The van der Waals surface area contributed by atoms with Crippen molar-refractivity contribution in [2.24, 2.45) is 17.4 Å². The van der Waals surface area contributed by atoms with Crippen LogP contribution in [-0.2, 0) is 9.59 Å².